The van der Waals surface area contributed by atoms with Gasteiger partial charge < -0.3 is 20.1 Å². The highest BCUT2D eigenvalue weighted by Crippen LogP contribution is 2.37. The fraction of sp³-hybridized carbons (Fsp3) is 1.00. The molecule has 2 N–H and O–H groups in total. The zero-order chi connectivity index (χ0) is 13.7. The van der Waals surface area contributed by atoms with Crippen molar-refractivity contribution >= 4 is 0 Å². The minimum Gasteiger partial charge on any atom is -0.378 e. The summed E-state index contributed by atoms with van der Waals surface area (Å²) < 4.78 is 11.5. The summed E-state index contributed by atoms with van der Waals surface area (Å²) in [6.07, 6.45) is 4.35. The van der Waals surface area contributed by atoms with E-state index < -0.39 is 0 Å². The molecule has 19 heavy (non-hydrogen) atoms. The highest BCUT2D eigenvalue weighted by atomic mass is 16.6. The Balaban J connectivity index is 1.80. The molecule has 1 spiro atoms. The first-order valence-electron chi connectivity index (χ1n) is 7.89. The number of ether oxygens (including phenoxy) is 2. The molecule has 2 heterocycles. The molecule has 0 radical (unpaired) electrons. The van der Waals surface area contributed by atoms with Crippen molar-refractivity contribution in [3.8, 4) is 0 Å². The van der Waals surface area contributed by atoms with Gasteiger partial charge in [-0.1, -0.05) is 13.8 Å². The lowest BCUT2D eigenvalue weighted by atomic mass is 9.80. The summed E-state index contributed by atoms with van der Waals surface area (Å²) in [6.45, 7) is 10.3. The van der Waals surface area contributed by atoms with Crippen LogP contribution >= 0.6 is 0 Å². The van der Waals surface area contributed by atoms with Crippen molar-refractivity contribution in [1.29, 1.82) is 0 Å². The van der Waals surface area contributed by atoms with Gasteiger partial charge in [0.15, 0.2) is 0 Å². The van der Waals surface area contributed by atoms with Crippen molar-refractivity contribution in [3.05, 3.63) is 0 Å². The number of hydrogen-bond acceptors (Lipinski definition) is 4. The molecule has 2 aliphatic heterocycles. The number of nitrogens with two attached hydrogens (primary N) is 1. The third-order valence-electron chi connectivity index (χ3n) is 4.88. The molecule has 4 heteroatoms. The lowest BCUT2D eigenvalue weighted by molar-refractivity contribution is -0.102. The van der Waals surface area contributed by atoms with Gasteiger partial charge in [-0.3, -0.25) is 0 Å². The van der Waals surface area contributed by atoms with Crippen molar-refractivity contribution in [3.63, 3.8) is 0 Å². The van der Waals surface area contributed by atoms with Crippen LogP contribution in [0, 0.1) is 5.92 Å². The van der Waals surface area contributed by atoms with E-state index in [4.69, 9.17) is 15.2 Å². The first-order valence-corrected chi connectivity index (χ1v) is 7.89. The Morgan fingerprint density at radius 3 is 2.74 bits per heavy atom. The maximum Gasteiger partial charge on any atom is 0.0939 e. The Kier molecular flexibility index (Phi) is 5.63. The van der Waals surface area contributed by atoms with Gasteiger partial charge in [-0.05, 0) is 44.8 Å². The van der Waals surface area contributed by atoms with Crippen LogP contribution in [-0.2, 0) is 9.47 Å². The Morgan fingerprint density at radius 2 is 2.11 bits per heavy atom. The minimum atomic E-state index is -0.00423. The maximum atomic E-state index is 6.43. The van der Waals surface area contributed by atoms with Crippen LogP contribution in [0.1, 0.15) is 39.5 Å². The van der Waals surface area contributed by atoms with Crippen molar-refractivity contribution in [2.75, 3.05) is 39.5 Å². The largest absolute Gasteiger partial charge is 0.378 e. The number of rotatable bonds is 6. The monoisotopic (exact) mass is 270 g/mol. The maximum absolute atomic E-state index is 6.43. The predicted octanol–water partition coefficient (Wildman–Crippen LogP) is 1.63. The molecule has 3 atom stereocenters. The standard InChI is InChI=1S/C15H30N2O2/c1-3-17(4-2)8-5-14(16)13-6-9-19-15(11-13)7-10-18-12-15/h13-14H,3-12,16H2,1-2H3. The molecule has 0 aromatic rings. The first-order chi connectivity index (χ1) is 9.19. The lowest BCUT2D eigenvalue weighted by Crippen LogP contribution is -2.46. The van der Waals surface area contributed by atoms with Crippen LogP contribution < -0.4 is 5.73 Å². The van der Waals surface area contributed by atoms with Crippen LogP contribution in [0.15, 0.2) is 0 Å². The van der Waals surface area contributed by atoms with E-state index in [1.807, 2.05) is 0 Å². The topological polar surface area (TPSA) is 47.7 Å². The Labute approximate surface area is 117 Å². The van der Waals surface area contributed by atoms with Gasteiger partial charge in [0.1, 0.15) is 0 Å². The fourth-order valence-electron chi connectivity index (χ4n) is 3.40. The van der Waals surface area contributed by atoms with Gasteiger partial charge in [-0.25, -0.2) is 0 Å². The highest BCUT2D eigenvalue weighted by molar-refractivity contribution is 4.93. The van der Waals surface area contributed by atoms with Gasteiger partial charge in [-0.2, -0.15) is 0 Å². The summed E-state index contributed by atoms with van der Waals surface area (Å²) in [7, 11) is 0. The quantitative estimate of drug-likeness (QED) is 0.797. The molecule has 0 aliphatic carbocycles. The van der Waals surface area contributed by atoms with Crippen LogP contribution in [0.3, 0.4) is 0 Å². The van der Waals surface area contributed by atoms with E-state index in [-0.39, 0.29) is 5.60 Å². The average molecular weight is 270 g/mol. The van der Waals surface area contributed by atoms with E-state index in [0.717, 1.165) is 65.1 Å². The van der Waals surface area contributed by atoms with Crippen molar-refractivity contribution in [2.24, 2.45) is 11.7 Å². The van der Waals surface area contributed by atoms with Crippen molar-refractivity contribution in [2.45, 2.75) is 51.2 Å². The van der Waals surface area contributed by atoms with Crippen LogP contribution in [0.2, 0.25) is 0 Å². The van der Waals surface area contributed by atoms with Crippen molar-refractivity contribution in [1.82, 2.24) is 4.90 Å². The molecule has 0 aromatic carbocycles. The molecule has 3 unspecified atom stereocenters. The molecule has 0 aromatic heterocycles. The third kappa shape index (κ3) is 3.91. The van der Waals surface area contributed by atoms with Gasteiger partial charge >= 0.3 is 0 Å². The van der Waals surface area contributed by atoms with Crippen LogP contribution in [0.5, 0.6) is 0 Å². The normalized spacial score (nSPS) is 33.2. The lowest BCUT2D eigenvalue weighted by Gasteiger charge is -2.39. The van der Waals surface area contributed by atoms with Gasteiger partial charge in [0.2, 0.25) is 0 Å². The van der Waals surface area contributed by atoms with Crippen LogP contribution in [0.4, 0.5) is 0 Å². The molecule has 2 fully saturated rings. The third-order valence-corrected chi connectivity index (χ3v) is 4.88. The summed E-state index contributed by atoms with van der Waals surface area (Å²) in [5, 5.41) is 0. The van der Waals surface area contributed by atoms with Crippen molar-refractivity contribution < 1.29 is 9.47 Å². The van der Waals surface area contributed by atoms with E-state index in [1.54, 1.807) is 0 Å². The minimum absolute atomic E-state index is 0.00423. The number of nitrogens with zero attached hydrogens (tertiary/aromatic N) is 1. The second-order valence-electron chi connectivity index (χ2n) is 6.07. The zero-order valence-corrected chi connectivity index (χ0v) is 12.6. The Morgan fingerprint density at radius 1 is 1.32 bits per heavy atom. The molecule has 0 bridgehead atoms. The summed E-state index contributed by atoms with van der Waals surface area (Å²) in [5.41, 5.74) is 6.43. The molecule has 0 saturated carbocycles. The Hall–Kier alpha value is -0.160. The highest BCUT2D eigenvalue weighted by Gasteiger charge is 2.42. The molecule has 2 rings (SSSR count). The molecule has 2 saturated heterocycles. The van der Waals surface area contributed by atoms with E-state index in [1.165, 1.54) is 0 Å². The van der Waals surface area contributed by atoms with Gasteiger partial charge in [0.25, 0.3) is 0 Å². The van der Waals surface area contributed by atoms with Crippen LogP contribution in [0.25, 0.3) is 0 Å². The molecule has 0 amide bonds. The average Bonchev–Trinajstić information content (AvgIpc) is 2.87. The second kappa shape index (κ2) is 7.02. The number of hydrogen-bond donors (Lipinski definition) is 1. The van der Waals surface area contributed by atoms with E-state index in [9.17, 15) is 0 Å². The Bertz CT molecular complexity index is 263. The van der Waals surface area contributed by atoms with Crippen LogP contribution in [-0.4, -0.2) is 56.0 Å². The molecule has 112 valence electrons. The fourth-order valence-corrected chi connectivity index (χ4v) is 3.40. The second-order valence-corrected chi connectivity index (χ2v) is 6.07. The SMILES string of the molecule is CCN(CC)CCC(N)C1CCOC2(CCOC2)C1. The molecule has 4 nitrogen and oxygen atoms in total. The summed E-state index contributed by atoms with van der Waals surface area (Å²) in [4.78, 5) is 2.45. The summed E-state index contributed by atoms with van der Waals surface area (Å²) in [6, 6.07) is 0.307. The van der Waals surface area contributed by atoms with E-state index in [0.29, 0.717) is 12.0 Å². The van der Waals surface area contributed by atoms with Gasteiger partial charge in [0, 0.05) is 25.7 Å². The predicted molar refractivity (Wildman–Crippen MR) is 77.2 cm³/mol. The van der Waals surface area contributed by atoms with E-state index in [2.05, 4.69) is 18.7 Å². The summed E-state index contributed by atoms with van der Waals surface area (Å²) in [5.74, 6) is 0.603. The van der Waals surface area contributed by atoms with Gasteiger partial charge in [-0.15, -0.1) is 0 Å². The molecule has 2 aliphatic rings. The molecular weight excluding hydrogens is 240 g/mol. The smallest absolute Gasteiger partial charge is 0.0939 e. The van der Waals surface area contributed by atoms with Gasteiger partial charge in [0.05, 0.1) is 12.2 Å². The first kappa shape index (κ1) is 15.2. The zero-order valence-electron chi connectivity index (χ0n) is 12.6. The van der Waals surface area contributed by atoms with E-state index >= 15 is 0 Å². The summed E-state index contributed by atoms with van der Waals surface area (Å²) >= 11 is 0. The molecular formula is C15H30N2O2.